The number of hydrogen-bond acceptors (Lipinski definition) is 0. The third-order valence-electron chi connectivity index (χ3n) is 0. The quantitative estimate of drug-likeness (QED) is 0.425. The Morgan fingerprint density at radius 1 is 1.20 bits per heavy atom. The molecule has 0 N–H and O–H groups in total. The van der Waals surface area contributed by atoms with Crippen molar-refractivity contribution in [2.75, 3.05) is 0 Å². The molecule has 0 aliphatic carbocycles. The molecule has 0 saturated heterocycles. The Bertz CT molecular complexity index is 11.6. The molecular formula is H2BCoNiPRe. The molecule has 0 spiro atoms. The van der Waals surface area contributed by atoms with Gasteiger partial charge in [0, 0.05) is 53.7 Å². The third-order valence-corrected chi connectivity index (χ3v) is 0. The summed E-state index contributed by atoms with van der Waals surface area (Å²) in [6, 6.07) is 0. The van der Waals surface area contributed by atoms with Gasteiger partial charge in [-0.05, 0) is 0 Å². The predicted molar refractivity (Wildman–Crippen MR) is 15.5 cm³/mol. The van der Waals surface area contributed by atoms with Crippen molar-refractivity contribution in [3.63, 3.8) is 0 Å². The second kappa shape index (κ2) is 35.2. The SMILES string of the molecule is [B]P.[Co].[Ni].[Re]. The Morgan fingerprint density at radius 2 is 1.20 bits per heavy atom. The smallest absolute Gasteiger partial charge is 0.0996 e. The van der Waals surface area contributed by atoms with Gasteiger partial charge in [-0.3, -0.25) is 0 Å². The van der Waals surface area contributed by atoms with Gasteiger partial charge in [0.2, 0.25) is 0 Å². The van der Waals surface area contributed by atoms with Gasteiger partial charge in [-0.1, -0.05) is 0 Å². The molecule has 0 aromatic carbocycles. The molecule has 0 bridgehead atoms. The van der Waals surface area contributed by atoms with Crippen molar-refractivity contribution in [3.05, 3.63) is 0 Å². The molecule has 4 radical (unpaired) electrons. The molecule has 0 aliphatic rings. The summed E-state index contributed by atoms with van der Waals surface area (Å²) >= 11 is 0. The first-order valence-electron chi connectivity index (χ1n) is 0.333. The maximum atomic E-state index is 4.42. The van der Waals surface area contributed by atoms with Crippen LogP contribution in [0.1, 0.15) is 0 Å². The van der Waals surface area contributed by atoms with Gasteiger partial charge in [0.05, 0.1) is 7.57 Å². The van der Waals surface area contributed by atoms with E-state index in [1.807, 2.05) is 9.12 Å². The maximum absolute atomic E-state index is 4.42. The van der Waals surface area contributed by atoms with Gasteiger partial charge >= 0.3 is 0 Å². The first-order valence-corrected chi connectivity index (χ1v) is 1.00. The molecule has 36 valence electrons. The van der Waals surface area contributed by atoms with E-state index >= 15 is 0 Å². The average molecular weight is 348 g/mol. The Morgan fingerprint density at radius 3 is 1.20 bits per heavy atom. The molecule has 0 aromatic rings. The second-order valence-corrected chi connectivity index (χ2v) is 0. The van der Waals surface area contributed by atoms with Gasteiger partial charge in [0.1, 0.15) is 0 Å². The minimum atomic E-state index is 0. The van der Waals surface area contributed by atoms with Gasteiger partial charge in [-0.2, -0.15) is 9.12 Å². The Labute approximate surface area is 70.0 Å². The zero-order chi connectivity index (χ0) is 2.00. The van der Waals surface area contributed by atoms with Crippen molar-refractivity contribution < 1.29 is 53.7 Å². The Balaban J connectivity index is -0.00000000167. The van der Waals surface area contributed by atoms with Crippen molar-refractivity contribution in [1.82, 2.24) is 0 Å². The summed E-state index contributed by atoms with van der Waals surface area (Å²) in [6.07, 6.45) is 0. The van der Waals surface area contributed by atoms with E-state index in [9.17, 15) is 0 Å². The minimum absolute atomic E-state index is 0. The largest absolute Gasteiger partial charge is 0.187 e. The van der Waals surface area contributed by atoms with Crippen LogP contribution in [-0.4, -0.2) is 7.57 Å². The van der Waals surface area contributed by atoms with E-state index in [2.05, 4.69) is 7.57 Å². The molecule has 5 heteroatoms. The van der Waals surface area contributed by atoms with E-state index in [1.165, 1.54) is 0 Å². The molecule has 0 aromatic heterocycles. The van der Waals surface area contributed by atoms with Crippen molar-refractivity contribution in [3.8, 4) is 0 Å². The summed E-state index contributed by atoms with van der Waals surface area (Å²) < 4.78 is 0. The van der Waals surface area contributed by atoms with Crippen LogP contribution in [0.15, 0.2) is 0 Å². The van der Waals surface area contributed by atoms with Crippen LogP contribution in [0.25, 0.3) is 0 Å². The summed E-state index contributed by atoms with van der Waals surface area (Å²) in [7, 11) is 6.33. The summed E-state index contributed by atoms with van der Waals surface area (Å²) in [4.78, 5) is 0. The van der Waals surface area contributed by atoms with Gasteiger partial charge in [0.15, 0.2) is 0 Å². The molecule has 0 heterocycles. The van der Waals surface area contributed by atoms with Gasteiger partial charge in [-0.15, -0.1) is 0 Å². The zero-order valence-electron chi connectivity index (χ0n) is 2.18. The Hall–Kier alpha value is 2.16. The van der Waals surface area contributed by atoms with Crippen molar-refractivity contribution in [2.24, 2.45) is 0 Å². The average Bonchev–Trinajstić information content (AvgIpc) is 1.00. The molecule has 0 fully saturated rings. The van der Waals surface area contributed by atoms with Crippen molar-refractivity contribution in [1.29, 1.82) is 0 Å². The van der Waals surface area contributed by atoms with Gasteiger partial charge < -0.3 is 0 Å². The Kier molecular flexibility index (Phi) is 192. The topological polar surface area (TPSA) is 0 Å². The van der Waals surface area contributed by atoms with Crippen LogP contribution in [0.2, 0.25) is 0 Å². The van der Waals surface area contributed by atoms with Crippen LogP contribution in [-0.2, 0) is 53.7 Å². The first-order chi connectivity index (χ1) is 1.00. The summed E-state index contributed by atoms with van der Waals surface area (Å²) in [5, 5.41) is 0. The molecule has 0 amide bonds. The molecule has 1 atom stereocenters. The van der Waals surface area contributed by atoms with Crippen LogP contribution >= 0.6 is 9.12 Å². The van der Waals surface area contributed by atoms with Crippen molar-refractivity contribution in [2.45, 2.75) is 0 Å². The van der Waals surface area contributed by atoms with E-state index in [-0.39, 0.29) is 53.7 Å². The second-order valence-electron chi connectivity index (χ2n) is 0. The minimum Gasteiger partial charge on any atom is -0.187 e. The van der Waals surface area contributed by atoms with E-state index in [0.29, 0.717) is 0 Å². The fourth-order valence-corrected chi connectivity index (χ4v) is 0. The van der Waals surface area contributed by atoms with Crippen LogP contribution in [0.5, 0.6) is 0 Å². The fraction of sp³-hybridized carbons (Fsp3) is 0. The molecular weight excluding hydrogens is 346 g/mol. The molecule has 0 saturated carbocycles. The van der Waals surface area contributed by atoms with Crippen LogP contribution in [0, 0.1) is 0 Å². The van der Waals surface area contributed by atoms with E-state index in [1.54, 1.807) is 0 Å². The van der Waals surface area contributed by atoms with Crippen molar-refractivity contribution >= 4 is 16.7 Å². The predicted octanol–water partition coefficient (Wildman–Crippen LogP) is -0.0625. The molecule has 0 rings (SSSR count). The molecule has 1 unspecified atom stereocenters. The number of hydrogen-bond donors (Lipinski definition) is 0. The molecule has 0 aliphatic heterocycles. The number of rotatable bonds is 0. The molecule has 0 nitrogen and oxygen atoms in total. The summed E-state index contributed by atoms with van der Waals surface area (Å²) in [5.41, 5.74) is 0. The molecule has 5 heavy (non-hydrogen) atoms. The summed E-state index contributed by atoms with van der Waals surface area (Å²) in [6.45, 7) is 0. The van der Waals surface area contributed by atoms with Crippen LogP contribution < -0.4 is 0 Å². The zero-order valence-corrected chi connectivity index (χ0v) is 8.08. The summed E-state index contributed by atoms with van der Waals surface area (Å²) in [5.74, 6) is 0. The van der Waals surface area contributed by atoms with Gasteiger partial charge in [-0.25, -0.2) is 0 Å². The van der Waals surface area contributed by atoms with Crippen LogP contribution in [0.4, 0.5) is 0 Å². The normalized spacial score (nSPS) is 1.00. The van der Waals surface area contributed by atoms with E-state index < -0.39 is 0 Å². The van der Waals surface area contributed by atoms with E-state index in [0.717, 1.165) is 0 Å². The fourth-order valence-electron chi connectivity index (χ4n) is 0. The third kappa shape index (κ3) is 22.9. The maximum Gasteiger partial charge on any atom is 0.0996 e. The van der Waals surface area contributed by atoms with Crippen LogP contribution in [0.3, 0.4) is 0 Å². The van der Waals surface area contributed by atoms with E-state index in [4.69, 9.17) is 0 Å². The monoisotopic (exact) mass is 348 g/mol. The van der Waals surface area contributed by atoms with Gasteiger partial charge in [0.25, 0.3) is 0 Å². The first kappa shape index (κ1) is 27.2. The standard InChI is InChI=1S/BH2P.Co.Ni.Re/c1-2;;;/h2H2;;;.